The van der Waals surface area contributed by atoms with Crippen LogP contribution in [0.4, 0.5) is 8.78 Å². The van der Waals surface area contributed by atoms with Crippen molar-refractivity contribution < 1.29 is 13.5 Å². The molecule has 2 rings (SSSR count). The third-order valence-electron chi connectivity index (χ3n) is 3.22. The fourth-order valence-corrected chi connectivity index (χ4v) is 2.15. The molecule has 5 nitrogen and oxygen atoms in total. The molecule has 1 aromatic carbocycles. The normalized spacial score (nSPS) is 11.1. The van der Waals surface area contributed by atoms with Crippen LogP contribution in [0, 0.1) is 0 Å². The minimum atomic E-state index is -2.82. The van der Waals surface area contributed by atoms with E-state index in [9.17, 15) is 8.78 Å². The molecule has 0 aliphatic rings. The van der Waals surface area contributed by atoms with Crippen molar-refractivity contribution in [3.05, 3.63) is 54.4 Å². The maximum atomic E-state index is 12.3. The van der Waals surface area contributed by atoms with Crippen LogP contribution in [0.25, 0.3) is 0 Å². The number of nitrogens with one attached hydrogen (secondary N) is 2. The van der Waals surface area contributed by atoms with E-state index in [1.165, 1.54) is 6.07 Å². The number of hydrogen-bond donors (Lipinski definition) is 2. The van der Waals surface area contributed by atoms with Gasteiger partial charge in [-0.3, -0.25) is 0 Å². The zero-order valence-corrected chi connectivity index (χ0v) is 16.3. The van der Waals surface area contributed by atoms with Gasteiger partial charge in [-0.25, -0.2) is 4.99 Å². The van der Waals surface area contributed by atoms with Crippen LogP contribution < -0.4 is 15.4 Å². The number of alkyl halides is 2. The van der Waals surface area contributed by atoms with Crippen LogP contribution >= 0.6 is 24.0 Å². The van der Waals surface area contributed by atoms with E-state index >= 15 is 0 Å². The van der Waals surface area contributed by atoms with E-state index in [0.29, 0.717) is 12.5 Å². The summed E-state index contributed by atoms with van der Waals surface area (Å²) in [5, 5.41) is 6.40. The number of rotatable bonds is 8. The molecule has 0 bridgehead atoms. The minimum Gasteiger partial charge on any atom is -0.435 e. The Balaban J connectivity index is 0.00000312. The second-order valence-electron chi connectivity index (χ2n) is 5.07. The molecular weight excluding hydrogens is 441 g/mol. The van der Waals surface area contributed by atoms with Gasteiger partial charge in [-0.1, -0.05) is 12.1 Å². The molecule has 0 unspecified atom stereocenters. The Bertz CT molecular complexity index is 635. The van der Waals surface area contributed by atoms with Crippen LogP contribution in [-0.4, -0.2) is 30.2 Å². The van der Waals surface area contributed by atoms with Crippen molar-refractivity contribution in [2.45, 2.75) is 26.6 Å². The maximum absolute atomic E-state index is 12.3. The average molecular weight is 464 g/mol. The van der Waals surface area contributed by atoms with Crippen LogP contribution in [0.1, 0.15) is 12.5 Å². The standard InChI is InChI=1S/C17H22F2N4O.HI/c1-2-20-17(21-8-11-23-9-3-4-10-23)22-13-14-6-5-7-15(12-14)24-16(18)19;/h3-7,9-10,12,16H,2,8,11,13H2,1H3,(H2,20,21,22);1H. The van der Waals surface area contributed by atoms with Crippen molar-refractivity contribution in [1.29, 1.82) is 0 Å². The molecule has 1 heterocycles. The number of halogens is 3. The molecule has 2 N–H and O–H groups in total. The lowest BCUT2D eigenvalue weighted by Crippen LogP contribution is -2.38. The Labute approximate surface area is 163 Å². The number of ether oxygens (including phenoxy) is 1. The van der Waals surface area contributed by atoms with Crippen molar-refractivity contribution in [3.8, 4) is 5.75 Å². The predicted octanol–water partition coefficient (Wildman–Crippen LogP) is 3.46. The fraction of sp³-hybridized carbons (Fsp3) is 0.353. The molecule has 0 aliphatic heterocycles. The van der Waals surface area contributed by atoms with E-state index in [1.54, 1.807) is 12.1 Å². The molecule has 138 valence electrons. The van der Waals surface area contributed by atoms with Gasteiger partial charge in [0.25, 0.3) is 0 Å². The van der Waals surface area contributed by atoms with Gasteiger partial charge in [0.05, 0.1) is 6.54 Å². The smallest absolute Gasteiger partial charge is 0.387 e. The highest BCUT2D eigenvalue weighted by Gasteiger charge is 2.04. The number of benzene rings is 1. The highest BCUT2D eigenvalue weighted by Crippen LogP contribution is 2.16. The molecule has 0 fully saturated rings. The third-order valence-corrected chi connectivity index (χ3v) is 3.22. The molecule has 0 radical (unpaired) electrons. The minimum absolute atomic E-state index is 0. The molecule has 0 atom stereocenters. The highest BCUT2D eigenvalue weighted by atomic mass is 127. The molecule has 0 spiro atoms. The Hall–Kier alpha value is -1.84. The number of nitrogens with zero attached hydrogens (tertiary/aromatic N) is 2. The second-order valence-corrected chi connectivity index (χ2v) is 5.07. The summed E-state index contributed by atoms with van der Waals surface area (Å²) in [5.41, 5.74) is 0.802. The monoisotopic (exact) mass is 464 g/mol. The zero-order valence-electron chi connectivity index (χ0n) is 14.0. The molecule has 0 aliphatic carbocycles. The summed E-state index contributed by atoms with van der Waals surface area (Å²) in [6, 6.07) is 10.5. The average Bonchev–Trinajstić information content (AvgIpc) is 3.06. The lowest BCUT2D eigenvalue weighted by Gasteiger charge is -2.12. The van der Waals surface area contributed by atoms with Gasteiger partial charge in [-0.05, 0) is 36.8 Å². The van der Waals surface area contributed by atoms with Crippen LogP contribution in [0.3, 0.4) is 0 Å². The zero-order chi connectivity index (χ0) is 17.2. The lowest BCUT2D eigenvalue weighted by molar-refractivity contribution is -0.0498. The fourth-order valence-electron chi connectivity index (χ4n) is 2.15. The molecule has 8 heteroatoms. The summed E-state index contributed by atoms with van der Waals surface area (Å²) < 4.78 is 31.0. The van der Waals surface area contributed by atoms with E-state index in [2.05, 4.69) is 24.9 Å². The van der Waals surface area contributed by atoms with Gasteiger partial charge in [0.2, 0.25) is 0 Å². The van der Waals surface area contributed by atoms with Gasteiger partial charge in [0.1, 0.15) is 5.75 Å². The number of aliphatic imine (C=N–C) groups is 1. The molecule has 1 aromatic heterocycles. The first-order chi connectivity index (χ1) is 11.7. The summed E-state index contributed by atoms with van der Waals surface area (Å²) in [4.78, 5) is 4.46. The van der Waals surface area contributed by atoms with Gasteiger partial charge in [0, 0.05) is 32.0 Å². The second kappa shape index (κ2) is 11.7. The lowest BCUT2D eigenvalue weighted by atomic mass is 10.2. The summed E-state index contributed by atoms with van der Waals surface area (Å²) in [6.45, 7) is 1.84. The number of guanidine groups is 1. The topological polar surface area (TPSA) is 50.6 Å². The first kappa shape index (κ1) is 21.2. The van der Waals surface area contributed by atoms with Crippen molar-refractivity contribution >= 4 is 29.9 Å². The van der Waals surface area contributed by atoms with Gasteiger partial charge in [-0.15, -0.1) is 24.0 Å². The van der Waals surface area contributed by atoms with Gasteiger partial charge < -0.3 is 19.9 Å². The number of aromatic nitrogens is 1. The van der Waals surface area contributed by atoms with Crippen molar-refractivity contribution in [3.63, 3.8) is 0 Å². The highest BCUT2D eigenvalue weighted by molar-refractivity contribution is 14.0. The SMILES string of the molecule is CCNC(=NCc1cccc(OC(F)F)c1)NCCn1cccc1.I. The van der Waals surface area contributed by atoms with E-state index in [4.69, 9.17) is 0 Å². The summed E-state index contributed by atoms with van der Waals surface area (Å²) in [7, 11) is 0. The molecule has 2 aromatic rings. The molecule has 25 heavy (non-hydrogen) atoms. The maximum Gasteiger partial charge on any atom is 0.387 e. The van der Waals surface area contributed by atoms with Crippen LogP contribution in [0.5, 0.6) is 5.75 Å². The molecule has 0 saturated carbocycles. The Kier molecular flexibility index (Phi) is 9.90. The first-order valence-corrected chi connectivity index (χ1v) is 7.84. The largest absolute Gasteiger partial charge is 0.435 e. The Morgan fingerprint density at radius 1 is 1.20 bits per heavy atom. The van der Waals surface area contributed by atoms with E-state index in [-0.39, 0.29) is 29.7 Å². The van der Waals surface area contributed by atoms with Gasteiger partial charge in [0.15, 0.2) is 5.96 Å². The summed E-state index contributed by atoms with van der Waals surface area (Å²) >= 11 is 0. The van der Waals surface area contributed by atoms with Crippen molar-refractivity contribution in [1.82, 2.24) is 15.2 Å². The van der Waals surface area contributed by atoms with Gasteiger partial charge >= 0.3 is 6.61 Å². The van der Waals surface area contributed by atoms with E-state index < -0.39 is 6.61 Å². The quantitative estimate of drug-likeness (QED) is 0.358. The molecular formula is C17H23F2IN4O. The van der Waals surface area contributed by atoms with Crippen LogP contribution in [0.2, 0.25) is 0 Å². The van der Waals surface area contributed by atoms with Crippen LogP contribution in [0.15, 0.2) is 53.8 Å². The molecule has 0 amide bonds. The number of hydrogen-bond acceptors (Lipinski definition) is 2. The first-order valence-electron chi connectivity index (χ1n) is 7.84. The van der Waals surface area contributed by atoms with Crippen molar-refractivity contribution in [2.24, 2.45) is 4.99 Å². The van der Waals surface area contributed by atoms with Gasteiger partial charge in [-0.2, -0.15) is 8.78 Å². The van der Waals surface area contributed by atoms with Crippen LogP contribution in [-0.2, 0) is 13.1 Å². The predicted molar refractivity (Wildman–Crippen MR) is 106 cm³/mol. The third kappa shape index (κ3) is 8.19. The summed E-state index contributed by atoms with van der Waals surface area (Å²) in [5.74, 6) is 0.827. The molecule has 0 saturated heterocycles. The Morgan fingerprint density at radius 2 is 1.96 bits per heavy atom. The summed E-state index contributed by atoms with van der Waals surface area (Å²) in [6.07, 6.45) is 4.00. The van der Waals surface area contributed by atoms with E-state index in [1.807, 2.05) is 37.5 Å². The Morgan fingerprint density at radius 3 is 2.64 bits per heavy atom. The van der Waals surface area contributed by atoms with E-state index in [0.717, 1.165) is 25.2 Å². The van der Waals surface area contributed by atoms with Crippen molar-refractivity contribution in [2.75, 3.05) is 13.1 Å².